The molecule has 8 heteroatoms. The van der Waals surface area contributed by atoms with E-state index in [1.807, 2.05) is 0 Å². The summed E-state index contributed by atoms with van der Waals surface area (Å²) >= 11 is 4.92. The normalized spacial score (nSPS) is 10.7. The van der Waals surface area contributed by atoms with E-state index in [-0.39, 0.29) is 0 Å². The maximum atomic E-state index is 10.4. The molecule has 0 aromatic heterocycles. The summed E-state index contributed by atoms with van der Waals surface area (Å²) < 4.78 is 10.2. The molecule has 0 radical (unpaired) electrons. The molecule has 0 bridgehead atoms. The van der Waals surface area contributed by atoms with Gasteiger partial charge in [-0.2, -0.15) is 5.10 Å². The van der Waals surface area contributed by atoms with Crippen LogP contribution in [0, 0.1) is 0 Å². The molecule has 2 N–H and O–H groups in total. The van der Waals surface area contributed by atoms with Crippen molar-refractivity contribution in [2.24, 2.45) is 5.10 Å². The van der Waals surface area contributed by atoms with Crippen molar-refractivity contribution in [2.45, 2.75) is 6.92 Å². The number of nitrogens with zero attached hydrogens (tertiary/aromatic N) is 1. The summed E-state index contributed by atoms with van der Waals surface area (Å²) in [6.45, 7) is 1.25. The van der Waals surface area contributed by atoms with Gasteiger partial charge in [-0.3, -0.25) is 5.43 Å². The predicted octanol–water partition coefficient (Wildman–Crippen LogP) is -0.358. The smallest absolute Gasteiger partial charge is 0.186 e. The first-order chi connectivity index (χ1) is 9.97. The standard InChI is InChI=1S/C13H17N3O4S/c1-8(15-16-13(21)14-2)9-4-5-10(11(6-9)19-3)20-7-12(17)18/h4-6H,7H2,1-3H3,(H,17,18)(H2,14,16,21)/p-1/b15-8-. The summed E-state index contributed by atoms with van der Waals surface area (Å²) in [5, 5.41) is 17.6. The van der Waals surface area contributed by atoms with Crippen molar-refractivity contribution < 1.29 is 19.4 Å². The number of hydrogen-bond donors (Lipinski definition) is 2. The molecule has 1 rings (SSSR count). The molecule has 0 amide bonds. The van der Waals surface area contributed by atoms with E-state index < -0.39 is 12.6 Å². The van der Waals surface area contributed by atoms with E-state index in [1.165, 1.54) is 7.11 Å². The molecule has 0 fully saturated rings. The van der Waals surface area contributed by atoms with E-state index in [0.29, 0.717) is 22.3 Å². The Balaban J connectivity index is 2.90. The van der Waals surface area contributed by atoms with Crippen molar-refractivity contribution in [1.29, 1.82) is 0 Å². The van der Waals surface area contributed by atoms with E-state index >= 15 is 0 Å². The number of carbonyl (C=O) groups is 1. The van der Waals surface area contributed by atoms with Crippen molar-refractivity contribution in [3.8, 4) is 11.5 Å². The van der Waals surface area contributed by atoms with Gasteiger partial charge in [0.15, 0.2) is 16.6 Å². The second-order valence-corrected chi connectivity index (χ2v) is 4.32. The maximum Gasteiger partial charge on any atom is 0.186 e. The summed E-state index contributed by atoms with van der Waals surface area (Å²) in [6, 6.07) is 5.02. The zero-order valence-electron chi connectivity index (χ0n) is 11.9. The van der Waals surface area contributed by atoms with Crippen LogP contribution in [0.4, 0.5) is 0 Å². The van der Waals surface area contributed by atoms with Crippen molar-refractivity contribution in [1.82, 2.24) is 10.7 Å². The Kier molecular flexibility index (Phi) is 6.41. The number of carboxylic acids is 1. The first-order valence-corrected chi connectivity index (χ1v) is 6.41. The third-order valence-corrected chi connectivity index (χ3v) is 2.77. The van der Waals surface area contributed by atoms with Gasteiger partial charge in [0.05, 0.1) is 18.8 Å². The van der Waals surface area contributed by atoms with Crippen LogP contribution in [-0.4, -0.2) is 37.6 Å². The Bertz CT molecular complexity index is 560. The highest BCUT2D eigenvalue weighted by atomic mass is 32.1. The van der Waals surface area contributed by atoms with Crippen LogP contribution in [0.2, 0.25) is 0 Å². The average molecular weight is 310 g/mol. The molecule has 0 saturated carbocycles. The number of hydrogen-bond acceptors (Lipinski definition) is 6. The van der Waals surface area contributed by atoms with Crippen LogP contribution in [0.5, 0.6) is 11.5 Å². The van der Waals surface area contributed by atoms with Crippen LogP contribution in [0.3, 0.4) is 0 Å². The highest BCUT2D eigenvalue weighted by Gasteiger charge is 2.08. The first-order valence-electron chi connectivity index (χ1n) is 6.01. The van der Waals surface area contributed by atoms with Gasteiger partial charge in [-0.1, -0.05) is 0 Å². The molecule has 0 atom stereocenters. The molecular weight excluding hydrogens is 294 g/mol. The van der Waals surface area contributed by atoms with E-state index in [4.69, 9.17) is 21.7 Å². The summed E-state index contributed by atoms with van der Waals surface area (Å²) in [6.07, 6.45) is 0. The van der Waals surface area contributed by atoms with E-state index in [9.17, 15) is 9.90 Å². The number of carbonyl (C=O) groups excluding carboxylic acids is 1. The minimum Gasteiger partial charge on any atom is -0.546 e. The molecule has 0 aliphatic rings. The second-order valence-electron chi connectivity index (χ2n) is 3.91. The lowest BCUT2D eigenvalue weighted by Crippen LogP contribution is -2.29. The first kappa shape index (κ1) is 16.7. The Morgan fingerprint density at radius 2 is 2.14 bits per heavy atom. The molecule has 0 saturated heterocycles. The number of benzene rings is 1. The molecule has 114 valence electrons. The van der Waals surface area contributed by atoms with Crippen molar-refractivity contribution in [3.63, 3.8) is 0 Å². The van der Waals surface area contributed by atoms with Crippen LogP contribution in [0.25, 0.3) is 0 Å². The molecule has 0 spiro atoms. The predicted molar refractivity (Wildman–Crippen MR) is 80.5 cm³/mol. The number of carboxylic acid groups (broad SMARTS) is 1. The van der Waals surface area contributed by atoms with Crippen LogP contribution >= 0.6 is 12.2 Å². The van der Waals surface area contributed by atoms with Crippen molar-refractivity contribution in [2.75, 3.05) is 20.8 Å². The molecule has 0 aliphatic carbocycles. The fraction of sp³-hybridized carbons (Fsp3) is 0.308. The molecular formula is C13H16N3O4S-. The van der Waals surface area contributed by atoms with E-state index in [2.05, 4.69) is 15.8 Å². The highest BCUT2D eigenvalue weighted by molar-refractivity contribution is 7.80. The summed E-state index contributed by atoms with van der Waals surface area (Å²) in [7, 11) is 3.15. The Morgan fingerprint density at radius 1 is 1.43 bits per heavy atom. The van der Waals surface area contributed by atoms with Gasteiger partial charge in [-0.15, -0.1) is 0 Å². The van der Waals surface area contributed by atoms with Crippen LogP contribution < -0.4 is 25.3 Å². The molecule has 0 aliphatic heterocycles. The third-order valence-electron chi connectivity index (χ3n) is 2.48. The summed E-state index contributed by atoms with van der Waals surface area (Å²) in [4.78, 5) is 10.4. The lowest BCUT2D eigenvalue weighted by Gasteiger charge is -2.12. The van der Waals surface area contributed by atoms with Gasteiger partial charge in [0.1, 0.15) is 6.61 Å². The number of hydrazone groups is 1. The van der Waals surface area contributed by atoms with E-state index in [0.717, 1.165) is 5.56 Å². The number of methoxy groups -OCH3 is 1. The number of rotatable bonds is 6. The minimum atomic E-state index is -1.30. The number of thiocarbonyl (C=S) groups is 1. The lowest BCUT2D eigenvalue weighted by molar-refractivity contribution is -0.307. The highest BCUT2D eigenvalue weighted by Crippen LogP contribution is 2.28. The maximum absolute atomic E-state index is 10.4. The van der Waals surface area contributed by atoms with Crippen LogP contribution in [-0.2, 0) is 4.79 Å². The molecule has 7 nitrogen and oxygen atoms in total. The van der Waals surface area contributed by atoms with Gasteiger partial charge in [0, 0.05) is 12.6 Å². The number of aliphatic carboxylic acids is 1. The molecule has 0 unspecified atom stereocenters. The van der Waals surface area contributed by atoms with Crippen LogP contribution in [0.15, 0.2) is 23.3 Å². The zero-order valence-corrected chi connectivity index (χ0v) is 12.7. The second kappa shape index (κ2) is 8.05. The number of ether oxygens (including phenoxy) is 2. The fourth-order valence-electron chi connectivity index (χ4n) is 1.40. The largest absolute Gasteiger partial charge is 0.546 e. The van der Waals surface area contributed by atoms with Gasteiger partial charge in [0.2, 0.25) is 0 Å². The van der Waals surface area contributed by atoms with Gasteiger partial charge in [0.25, 0.3) is 0 Å². The quantitative estimate of drug-likeness (QED) is 0.421. The third kappa shape index (κ3) is 5.27. The summed E-state index contributed by atoms with van der Waals surface area (Å²) in [5.41, 5.74) is 4.13. The Morgan fingerprint density at radius 3 is 2.71 bits per heavy atom. The topological polar surface area (TPSA) is 95.0 Å². The molecule has 1 aromatic carbocycles. The van der Waals surface area contributed by atoms with Gasteiger partial charge in [-0.25, -0.2) is 0 Å². The number of nitrogens with one attached hydrogen (secondary N) is 2. The van der Waals surface area contributed by atoms with E-state index in [1.54, 1.807) is 32.2 Å². The summed E-state index contributed by atoms with van der Waals surface area (Å²) in [5.74, 6) is -0.583. The molecule has 21 heavy (non-hydrogen) atoms. The zero-order chi connectivity index (χ0) is 15.8. The van der Waals surface area contributed by atoms with Gasteiger partial charge < -0.3 is 24.7 Å². The minimum absolute atomic E-state index is 0.317. The SMILES string of the molecule is CNC(=S)N/N=C(/C)c1ccc(OCC(=O)[O-])c(OC)c1. The average Bonchev–Trinajstić information content (AvgIpc) is 2.49. The fourth-order valence-corrected chi connectivity index (χ4v) is 1.45. The Labute approximate surface area is 127 Å². The van der Waals surface area contributed by atoms with Crippen molar-refractivity contribution >= 4 is 29.0 Å². The molecule has 0 heterocycles. The van der Waals surface area contributed by atoms with Crippen molar-refractivity contribution in [3.05, 3.63) is 23.8 Å². The Hall–Kier alpha value is -2.35. The van der Waals surface area contributed by atoms with Gasteiger partial charge >= 0.3 is 0 Å². The monoisotopic (exact) mass is 310 g/mol. The van der Waals surface area contributed by atoms with Gasteiger partial charge in [-0.05, 0) is 37.3 Å². The molecule has 1 aromatic rings. The lowest BCUT2D eigenvalue weighted by atomic mass is 10.1. The van der Waals surface area contributed by atoms with Crippen LogP contribution in [0.1, 0.15) is 12.5 Å².